The fraction of sp³-hybridized carbons (Fsp3) is 0.800. The van der Waals surface area contributed by atoms with Crippen LogP contribution in [0, 0.1) is 5.41 Å². The topological polar surface area (TPSA) is 91.6 Å². The molecular formula is C5H16BrN3O. The minimum atomic E-state index is -0.366. The number of halogens is 1. The maximum absolute atomic E-state index is 10.6. The Balaban J connectivity index is -0.000000245. The van der Waals surface area contributed by atoms with E-state index in [0.717, 1.165) is 0 Å². The highest BCUT2D eigenvalue weighted by molar-refractivity contribution is 5.80. The van der Waals surface area contributed by atoms with Crippen molar-refractivity contribution < 1.29 is 21.8 Å². The highest BCUT2D eigenvalue weighted by atomic mass is 79.9. The molecule has 0 heterocycles. The number of hydrazine groups is 1. The SMILES string of the molecule is CC(C)(C)C(=O)NN.[Br-].[NH4+]. The van der Waals surface area contributed by atoms with Gasteiger partial charge in [0.2, 0.25) is 5.91 Å². The van der Waals surface area contributed by atoms with Gasteiger partial charge in [-0.2, -0.15) is 0 Å². The van der Waals surface area contributed by atoms with Crippen LogP contribution < -0.4 is 34.4 Å². The summed E-state index contributed by atoms with van der Waals surface area (Å²) < 4.78 is 0. The van der Waals surface area contributed by atoms with Gasteiger partial charge >= 0.3 is 0 Å². The quantitative estimate of drug-likeness (QED) is 0.234. The van der Waals surface area contributed by atoms with E-state index < -0.39 is 0 Å². The predicted octanol–water partition coefficient (Wildman–Crippen LogP) is -2.60. The summed E-state index contributed by atoms with van der Waals surface area (Å²) in [6, 6.07) is 0. The molecule has 0 aliphatic rings. The van der Waals surface area contributed by atoms with Gasteiger partial charge < -0.3 is 23.1 Å². The Hall–Kier alpha value is -0.130. The van der Waals surface area contributed by atoms with E-state index in [9.17, 15) is 4.79 Å². The van der Waals surface area contributed by atoms with E-state index in [2.05, 4.69) is 5.43 Å². The molecule has 0 rings (SSSR count). The molecule has 0 radical (unpaired) electrons. The summed E-state index contributed by atoms with van der Waals surface area (Å²) in [4.78, 5) is 10.6. The molecule has 4 nitrogen and oxygen atoms in total. The van der Waals surface area contributed by atoms with Gasteiger partial charge in [0.15, 0.2) is 0 Å². The molecular weight excluding hydrogens is 198 g/mol. The summed E-state index contributed by atoms with van der Waals surface area (Å²) in [5.74, 6) is 4.72. The molecule has 0 atom stereocenters. The summed E-state index contributed by atoms with van der Waals surface area (Å²) in [6.07, 6.45) is 0. The van der Waals surface area contributed by atoms with E-state index in [1.54, 1.807) is 20.8 Å². The number of nitrogens with one attached hydrogen (secondary N) is 1. The molecule has 1 amide bonds. The van der Waals surface area contributed by atoms with Gasteiger partial charge in [-0.1, -0.05) is 20.8 Å². The summed E-state index contributed by atoms with van der Waals surface area (Å²) in [6.45, 7) is 5.40. The summed E-state index contributed by atoms with van der Waals surface area (Å²) in [5.41, 5.74) is 1.70. The van der Waals surface area contributed by atoms with Crippen LogP contribution in [-0.2, 0) is 4.79 Å². The first-order valence-corrected chi connectivity index (χ1v) is 2.49. The number of carbonyl (C=O) groups is 1. The van der Waals surface area contributed by atoms with E-state index in [4.69, 9.17) is 5.84 Å². The third-order valence-corrected chi connectivity index (χ3v) is 0.812. The zero-order valence-electron chi connectivity index (χ0n) is 6.86. The van der Waals surface area contributed by atoms with Crippen molar-refractivity contribution in [1.29, 1.82) is 0 Å². The maximum atomic E-state index is 10.6. The molecule has 0 spiro atoms. The smallest absolute Gasteiger partial charge is 0.239 e. The summed E-state index contributed by atoms with van der Waals surface area (Å²) >= 11 is 0. The molecule has 0 fully saturated rings. The third-order valence-electron chi connectivity index (χ3n) is 0.812. The number of amides is 1. The summed E-state index contributed by atoms with van der Waals surface area (Å²) in [7, 11) is 0. The van der Waals surface area contributed by atoms with Crippen molar-refractivity contribution in [2.24, 2.45) is 11.3 Å². The van der Waals surface area contributed by atoms with Crippen LogP contribution >= 0.6 is 0 Å². The van der Waals surface area contributed by atoms with Gasteiger partial charge in [-0.3, -0.25) is 10.2 Å². The van der Waals surface area contributed by atoms with Crippen LogP contribution in [-0.4, -0.2) is 5.91 Å². The minimum Gasteiger partial charge on any atom is -1.00 e. The lowest BCUT2D eigenvalue weighted by molar-refractivity contribution is -0.128. The molecule has 0 unspecified atom stereocenters. The zero-order valence-corrected chi connectivity index (χ0v) is 8.45. The lowest BCUT2D eigenvalue weighted by atomic mass is 9.96. The Bertz CT molecular complexity index is 99.6. The number of rotatable bonds is 0. The van der Waals surface area contributed by atoms with Crippen molar-refractivity contribution >= 4 is 5.91 Å². The molecule has 0 saturated heterocycles. The van der Waals surface area contributed by atoms with Gasteiger partial charge in [0.25, 0.3) is 0 Å². The second kappa shape index (κ2) is 5.64. The first kappa shape index (κ1) is 16.5. The zero-order chi connectivity index (χ0) is 6.78. The normalized spacial score (nSPS) is 8.80. The van der Waals surface area contributed by atoms with Crippen molar-refractivity contribution in [3.8, 4) is 0 Å². The van der Waals surface area contributed by atoms with E-state index in [0.29, 0.717) is 0 Å². The molecule has 10 heavy (non-hydrogen) atoms. The van der Waals surface area contributed by atoms with Crippen LogP contribution in [0.4, 0.5) is 0 Å². The Morgan fingerprint density at radius 1 is 1.40 bits per heavy atom. The van der Waals surface area contributed by atoms with Crippen molar-refractivity contribution in [2.45, 2.75) is 20.8 Å². The molecule has 0 aromatic rings. The van der Waals surface area contributed by atoms with Crippen LogP contribution in [0.2, 0.25) is 0 Å². The Kier molecular flexibility index (Phi) is 9.28. The fourth-order valence-corrected chi connectivity index (χ4v) is 0.217. The molecule has 0 aromatic carbocycles. The van der Waals surface area contributed by atoms with Gasteiger partial charge in [0.1, 0.15) is 0 Å². The van der Waals surface area contributed by atoms with Crippen LogP contribution in [0.25, 0.3) is 0 Å². The first-order chi connectivity index (χ1) is 3.48. The van der Waals surface area contributed by atoms with E-state index in [1.807, 2.05) is 0 Å². The third kappa shape index (κ3) is 6.00. The van der Waals surface area contributed by atoms with Crippen molar-refractivity contribution in [3.63, 3.8) is 0 Å². The Morgan fingerprint density at radius 2 is 1.70 bits per heavy atom. The highest BCUT2D eigenvalue weighted by Crippen LogP contribution is 2.10. The number of carbonyl (C=O) groups excluding carboxylic acids is 1. The van der Waals surface area contributed by atoms with Crippen molar-refractivity contribution in [1.82, 2.24) is 11.6 Å². The van der Waals surface area contributed by atoms with Gasteiger partial charge in [-0.15, -0.1) is 0 Å². The van der Waals surface area contributed by atoms with E-state index >= 15 is 0 Å². The average Bonchev–Trinajstić information content (AvgIpc) is 1.62. The van der Waals surface area contributed by atoms with Crippen molar-refractivity contribution in [3.05, 3.63) is 0 Å². The fourth-order valence-electron chi connectivity index (χ4n) is 0.217. The van der Waals surface area contributed by atoms with Crippen molar-refractivity contribution in [2.75, 3.05) is 0 Å². The van der Waals surface area contributed by atoms with Gasteiger partial charge in [0, 0.05) is 5.41 Å². The standard InChI is InChI=1S/C5H12N2O.BrH.H3N/c1-5(2,3)4(8)7-6;;/h6H2,1-3H3,(H,7,8);1H;1H3. The second-order valence-corrected chi connectivity index (χ2v) is 2.72. The van der Waals surface area contributed by atoms with E-state index in [-0.39, 0.29) is 34.5 Å². The number of nitrogens with two attached hydrogens (primary N) is 1. The highest BCUT2D eigenvalue weighted by Gasteiger charge is 2.19. The molecule has 0 aliphatic heterocycles. The number of quaternary nitrogens is 1. The Morgan fingerprint density at radius 3 is 1.70 bits per heavy atom. The minimum absolute atomic E-state index is 0. The van der Waals surface area contributed by atoms with Gasteiger partial charge in [-0.05, 0) is 0 Å². The molecule has 7 N–H and O–H groups in total. The summed E-state index contributed by atoms with van der Waals surface area (Å²) in [5, 5.41) is 0. The van der Waals surface area contributed by atoms with Crippen LogP contribution in [0.15, 0.2) is 0 Å². The molecule has 0 aromatic heterocycles. The van der Waals surface area contributed by atoms with Crippen LogP contribution in [0.5, 0.6) is 0 Å². The molecule has 5 heteroatoms. The van der Waals surface area contributed by atoms with Crippen LogP contribution in [0.1, 0.15) is 20.8 Å². The lowest BCUT2D eigenvalue weighted by Crippen LogP contribution is -3.00. The lowest BCUT2D eigenvalue weighted by Gasteiger charge is -2.14. The molecule has 0 aliphatic carbocycles. The largest absolute Gasteiger partial charge is 1.00 e. The maximum Gasteiger partial charge on any atom is 0.239 e. The first-order valence-electron chi connectivity index (χ1n) is 2.49. The average molecular weight is 214 g/mol. The van der Waals surface area contributed by atoms with E-state index in [1.165, 1.54) is 0 Å². The van der Waals surface area contributed by atoms with Crippen LogP contribution in [0.3, 0.4) is 0 Å². The van der Waals surface area contributed by atoms with Gasteiger partial charge in [-0.25, -0.2) is 5.84 Å². The monoisotopic (exact) mass is 213 g/mol. The predicted molar refractivity (Wildman–Crippen MR) is 37.8 cm³/mol. The second-order valence-electron chi connectivity index (χ2n) is 2.72. The molecule has 0 bridgehead atoms. The number of hydrogen-bond acceptors (Lipinski definition) is 2. The van der Waals surface area contributed by atoms with Gasteiger partial charge in [0.05, 0.1) is 0 Å². The number of hydrogen-bond donors (Lipinski definition) is 3. The Labute approximate surface area is 71.9 Å². The molecule has 64 valence electrons. The molecule has 0 saturated carbocycles.